The molecule has 2 aromatic rings. The molecule has 2 rings (SSSR count). The van der Waals surface area contributed by atoms with Gasteiger partial charge in [0, 0.05) is 10.6 Å². The van der Waals surface area contributed by atoms with Crippen LogP contribution in [0, 0.1) is 0 Å². The topological polar surface area (TPSA) is 41.8 Å². The van der Waals surface area contributed by atoms with E-state index in [9.17, 15) is 0 Å². The van der Waals surface area contributed by atoms with Crippen molar-refractivity contribution in [2.45, 2.75) is 0 Å². The second-order valence-corrected chi connectivity index (χ2v) is 4.28. The maximum atomic E-state index is 8.75. The first-order chi connectivity index (χ1) is 8.72. The molecule has 3 nitrogen and oxygen atoms in total. The van der Waals surface area contributed by atoms with Crippen LogP contribution >= 0.6 is 11.6 Å². The van der Waals surface area contributed by atoms with Gasteiger partial charge in [-0.1, -0.05) is 53.7 Å². The van der Waals surface area contributed by atoms with Gasteiger partial charge in [-0.25, -0.2) is 0 Å². The third-order valence-electron chi connectivity index (χ3n) is 2.50. The van der Waals surface area contributed by atoms with Gasteiger partial charge in [-0.05, 0) is 16.8 Å². The number of halogens is 1. The molecule has 0 heterocycles. The molecule has 0 saturated carbocycles. The average molecular weight is 262 g/mol. The van der Waals surface area contributed by atoms with Crippen LogP contribution < -0.4 is 4.74 Å². The van der Waals surface area contributed by atoms with E-state index < -0.39 is 0 Å². The largest absolute Gasteiger partial charge is 0.487 e. The molecule has 0 atom stereocenters. The van der Waals surface area contributed by atoms with E-state index in [0.29, 0.717) is 16.3 Å². The fourth-order valence-electron chi connectivity index (χ4n) is 1.75. The minimum absolute atomic E-state index is 0.214. The summed E-state index contributed by atoms with van der Waals surface area (Å²) in [5.41, 5.74) is 0.716. The normalized spacial score (nSPS) is 10.9. The molecule has 0 unspecified atom stereocenters. The summed E-state index contributed by atoms with van der Waals surface area (Å²) in [5, 5.41) is 14.2. The summed E-state index contributed by atoms with van der Waals surface area (Å²) >= 11 is 5.67. The number of fused-ring (bicyclic) bond motifs is 1. The molecule has 0 saturated heterocycles. The zero-order valence-corrected chi connectivity index (χ0v) is 10.4. The number of hydrogen-bond acceptors (Lipinski definition) is 3. The number of nitrogens with zero attached hydrogens (tertiary/aromatic N) is 1. The highest BCUT2D eigenvalue weighted by Gasteiger charge is 2.07. The fraction of sp³-hybridized carbons (Fsp3) is 0.0714. The number of benzene rings is 2. The zero-order chi connectivity index (χ0) is 13.0. The molecular weight excluding hydrogens is 250 g/mol. The molecule has 0 aliphatic carbocycles. The third-order valence-corrected chi connectivity index (χ3v) is 2.61. The predicted molar refractivity (Wildman–Crippen MR) is 73.8 cm³/mol. The lowest BCUT2D eigenvalue weighted by Crippen LogP contribution is -2.00. The quantitative estimate of drug-likeness (QED) is 0.517. The Labute approximate surface area is 110 Å². The van der Waals surface area contributed by atoms with Crippen LogP contribution in [0.15, 0.2) is 53.2 Å². The van der Waals surface area contributed by atoms with Crippen molar-refractivity contribution in [3.05, 3.63) is 53.6 Å². The third kappa shape index (κ3) is 2.63. The lowest BCUT2D eigenvalue weighted by atomic mass is 10.0. The van der Waals surface area contributed by atoms with Crippen molar-refractivity contribution in [3.8, 4) is 5.75 Å². The summed E-state index contributed by atoms with van der Waals surface area (Å²) in [6, 6.07) is 11.5. The van der Waals surface area contributed by atoms with Crippen molar-refractivity contribution < 1.29 is 9.94 Å². The summed E-state index contributed by atoms with van der Waals surface area (Å²) in [6.07, 6.45) is 1.36. The first kappa shape index (κ1) is 12.5. The van der Waals surface area contributed by atoms with E-state index in [4.69, 9.17) is 21.5 Å². The molecule has 0 fully saturated rings. The SMILES string of the molecule is C=C(Cl)COc1ccc2ccccc2c1/C=N/O. The van der Waals surface area contributed by atoms with Crippen LogP contribution in [0.3, 0.4) is 0 Å². The van der Waals surface area contributed by atoms with Gasteiger partial charge < -0.3 is 9.94 Å². The molecule has 1 N–H and O–H groups in total. The van der Waals surface area contributed by atoms with Crippen LogP contribution in [-0.2, 0) is 0 Å². The van der Waals surface area contributed by atoms with Crippen molar-refractivity contribution in [1.82, 2.24) is 0 Å². The Kier molecular flexibility index (Phi) is 3.85. The smallest absolute Gasteiger partial charge is 0.129 e. The van der Waals surface area contributed by atoms with E-state index in [0.717, 1.165) is 10.8 Å². The van der Waals surface area contributed by atoms with Gasteiger partial charge in [0.25, 0.3) is 0 Å². The first-order valence-electron chi connectivity index (χ1n) is 5.37. The Morgan fingerprint density at radius 1 is 1.33 bits per heavy atom. The van der Waals surface area contributed by atoms with E-state index in [1.54, 1.807) is 0 Å². The van der Waals surface area contributed by atoms with Crippen LogP contribution in [0.1, 0.15) is 5.56 Å². The molecule has 0 aromatic heterocycles. The maximum absolute atomic E-state index is 8.75. The Morgan fingerprint density at radius 3 is 2.83 bits per heavy atom. The second kappa shape index (κ2) is 5.56. The predicted octanol–water partition coefficient (Wildman–Crippen LogP) is 3.78. The number of hydrogen-bond donors (Lipinski definition) is 1. The summed E-state index contributed by atoms with van der Waals surface area (Å²) in [4.78, 5) is 0. The van der Waals surface area contributed by atoms with Gasteiger partial charge in [0.1, 0.15) is 12.4 Å². The lowest BCUT2D eigenvalue weighted by Gasteiger charge is -2.10. The summed E-state index contributed by atoms with van der Waals surface area (Å²) in [7, 11) is 0. The number of oxime groups is 1. The van der Waals surface area contributed by atoms with Crippen LogP contribution in [0.4, 0.5) is 0 Å². The molecule has 0 radical (unpaired) electrons. The van der Waals surface area contributed by atoms with Crippen molar-refractivity contribution in [1.29, 1.82) is 0 Å². The van der Waals surface area contributed by atoms with E-state index in [2.05, 4.69) is 11.7 Å². The molecule has 4 heteroatoms. The van der Waals surface area contributed by atoms with Gasteiger partial charge in [-0.2, -0.15) is 0 Å². The van der Waals surface area contributed by atoms with Crippen molar-refractivity contribution in [2.75, 3.05) is 6.61 Å². The van der Waals surface area contributed by atoms with Crippen molar-refractivity contribution in [2.24, 2.45) is 5.16 Å². The highest BCUT2D eigenvalue weighted by molar-refractivity contribution is 6.29. The average Bonchev–Trinajstić information content (AvgIpc) is 2.38. The molecule has 2 aromatic carbocycles. The molecule has 92 valence electrons. The second-order valence-electron chi connectivity index (χ2n) is 3.75. The zero-order valence-electron chi connectivity index (χ0n) is 9.64. The lowest BCUT2D eigenvalue weighted by molar-refractivity contribution is 0.321. The number of rotatable bonds is 4. The standard InChI is InChI=1S/C14H12ClNO2/c1-10(15)9-18-14-7-6-11-4-2-3-5-12(11)13(14)8-16-17/h2-8,17H,1,9H2/b16-8+. The monoisotopic (exact) mass is 261 g/mol. The molecule has 0 spiro atoms. The Balaban J connectivity index is 2.52. The molecule has 18 heavy (non-hydrogen) atoms. The molecule has 0 bridgehead atoms. The summed E-state index contributed by atoms with van der Waals surface area (Å²) in [5.74, 6) is 0.605. The van der Waals surface area contributed by atoms with Crippen LogP contribution in [0.5, 0.6) is 5.75 Å². The minimum Gasteiger partial charge on any atom is -0.487 e. The molecule has 0 aliphatic heterocycles. The summed E-state index contributed by atoms with van der Waals surface area (Å²) in [6.45, 7) is 3.78. The van der Waals surface area contributed by atoms with Gasteiger partial charge in [0.05, 0.1) is 6.21 Å². The fourth-order valence-corrected chi connectivity index (χ4v) is 1.80. The Morgan fingerprint density at radius 2 is 2.11 bits per heavy atom. The number of ether oxygens (including phenoxy) is 1. The van der Waals surface area contributed by atoms with E-state index >= 15 is 0 Å². The Hall–Kier alpha value is -2.00. The summed E-state index contributed by atoms with van der Waals surface area (Å²) < 4.78 is 5.53. The van der Waals surface area contributed by atoms with Crippen molar-refractivity contribution >= 4 is 28.6 Å². The van der Waals surface area contributed by atoms with E-state index in [1.807, 2.05) is 36.4 Å². The van der Waals surface area contributed by atoms with Crippen LogP contribution in [0.2, 0.25) is 0 Å². The molecule has 0 amide bonds. The molecule has 0 aliphatic rings. The van der Waals surface area contributed by atoms with Crippen LogP contribution in [0.25, 0.3) is 10.8 Å². The Bertz CT molecular complexity index is 608. The van der Waals surface area contributed by atoms with Gasteiger partial charge in [0.2, 0.25) is 0 Å². The first-order valence-corrected chi connectivity index (χ1v) is 5.75. The van der Waals surface area contributed by atoms with Gasteiger partial charge in [-0.3, -0.25) is 0 Å². The van der Waals surface area contributed by atoms with Crippen LogP contribution in [-0.4, -0.2) is 18.0 Å². The highest BCUT2D eigenvalue weighted by Crippen LogP contribution is 2.27. The molecular formula is C14H12ClNO2. The van der Waals surface area contributed by atoms with Gasteiger partial charge >= 0.3 is 0 Å². The van der Waals surface area contributed by atoms with Crippen molar-refractivity contribution in [3.63, 3.8) is 0 Å². The minimum atomic E-state index is 0.214. The highest BCUT2D eigenvalue weighted by atomic mass is 35.5. The van der Waals surface area contributed by atoms with Gasteiger partial charge in [-0.15, -0.1) is 0 Å². The van der Waals surface area contributed by atoms with Gasteiger partial charge in [0.15, 0.2) is 0 Å². The van der Waals surface area contributed by atoms with E-state index in [1.165, 1.54) is 6.21 Å². The van der Waals surface area contributed by atoms with E-state index in [-0.39, 0.29) is 6.61 Å². The maximum Gasteiger partial charge on any atom is 0.129 e.